The van der Waals surface area contributed by atoms with E-state index in [-0.39, 0.29) is 5.91 Å². The molecule has 0 bridgehead atoms. The monoisotopic (exact) mass is 433 g/mol. The molecule has 0 saturated carbocycles. The Hall–Kier alpha value is -3.12. The number of hydrogen-bond acceptors (Lipinski definition) is 5. The van der Waals surface area contributed by atoms with E-state index in [2.05, 4.69) is 10.2 Å². The molecule has 32 heavy (non-hydrogen) atoms. The van der Waals surface area contributed by atoms with Gasteiger partial charge in [0.05, 0.1) is 5.69 Å². The van der Waals surface area contributed by atoms with Gasteiger partial charge >= 0.3 is 0 Å². The summed E-state index contributed by atoms with van der Waals surface area (Å²) in [6.07, 6.45) is 4.54. The van der Waals surface area contributed by atoms with Gasteiger partial charge in [-0.2, -0.15) is 0 Å². The summed E-state index contributed by atoms with van der Waals surface area (Å²) in [6.45, 7) is 6.08. The van der Waals surface area contributed by atoms with Gasteiger partial charge in [-0.1, -0.05) is 30.7 Å². The molecule has 2 heterocycles. The quantitative estimate of drug-likeness (QED) is 0.521. The lowest BCUT2D eigenvalue weighted by Gasteiger charge is -2.35. The fourth-order valence-electron chi connectivity index (χ4n) is 4.22. The van der Waals surface area contributed by atoms with Gasteiger partial charge in [0.25, 0.3) is 0 Å². The van der Waals surface area contributed by atoms with Crippen LogP contribution in [0.25, 0.3) is 11.5 Å². The SMILES string of the molecule is CC(=O)NCCC1CCCCN1Cc1nc(-c2cccc(Oc3ccccc3)c2)oc1C. The van der Waals surface area contributed by atoms with Gasteiger partial charge in [-0.3, -0.25) is 9.69 Å². The van der Waals surface area contributed by atoms with Crippen LogP contribution in [0.2, 0.25) is 0 Å². The summed E-state index contributed by atoms with van der Waals surface area (Å²) in [5, 5.41) is 2.93. The molecule has 168 valence electrons. The molecule has 1 aliphatic heterocycles. The Balaban J connectivity index is 1.45. The Kier molecular flexibility index (Phi) is 7.22. The largest absolute Gasteiger partial charge is 0.457 e. The fraction of sp³-hybridized carbons (Fsp3) is 0.385. The van der Waals surface area contributed by atoms with E-state index in [0.29, 0.717) is 18.5 Å². The van der Waals surface area contributed by atoms with Crippen molar-refractivity contribution in [3.63, 3.8) is 0 Å². The number of aryl methyl sites for hydroxylation is 1. The standard InChI is InChI=1S/C26H31N3O3/c1-19-25(18-29-16-7-6-10-22(29)14-15-27-20(2)30)28-26(31-19)21-9-8-13-24(17-21)32-23-11-4-3-5-12-23/h3-5,8-9,11-13,17,22H,6-7,10,14-16,18H2,1-2H3,(H,27,30). The first-order valence-corrected chi connectivity index (χ1v) is 11.4. The Bertz CT molecular complexity index is 1030. The van der Waals surface area contributed by atoms with Crippen LogP contribution in [0.5, 0.6) is 11.5 Å². The van der Waals surface area contributed by atoms with Crippen molar-refractivity contribution in [2.45, 2.75) is 52.1 Å². The summed E-state index contributed by atoms with van der Waals surface area (Å²) >= 11 is 0. The normalized spacial score (nSPS) is 16.6. The maximum atomic E-state index is 11.2. The molecule has 1 fully saturated rings. The molecule has 2 aromatic carbocycles. The summed E-state index contributed by atoms with van der Waals surface area (Å²) in [5.74, 6) is 3.04. The minimum Gasteiger partial charge on any atom is -0.457 e. The molecule has 1 aliphatic rings. The molecule has 6 heteroatoms. The number of hydrogen-bond donors (Lipinski definition) is 1. The van der Waals surface area contributed by atoms with Gasteiger partial charge in [-0.25, -0.2) is 4.98 Å². The number of benzene rings is 2. The predicted octanol–water partition coefficient (Wildman–Crippen LogP) is 5.32. The second-order valence-corrected chi connectivity index (χ2v) is 8.36. The van der Waals surface area contributed by atoms with Crippen LogP contribution < -0.4 is 10.1 Å². The van der Waals surface area contributed by atoms with Gasteiger partial charge in [0.2, 0.25) is 11.8 Å². The number of likely N-dealkylation sites (tertiary alicyclic amines) is 1. The summed E-state index contributed by atoms with van der Waals surface area (Å²) < 4.78 is 12.0. The number of piperidine rings is 1. The van der Waals surface area contributed by atoms with Gasteiger partial charge in [0, 0.05) is 31.6 Å². The van der Waals surface area contributed by atoms with Crippen LogP contribution >= 0.6 is 0 Å². The number of ether oxygens (including phenoxy) is 1. The first-order valence-electron chi connectivity index (χ1n) is 11.4. The van der Waals surface area contributed by atoms with E-state index >= 15 is 0 Å². The highest BCUT2D eigenvalue weighted by Crippen LogP contribution is 2.29. The Morgan fingerprint density at radius 3 is 2.78 bits per heavy atom. The van der Waals surface area contributed by atoms with Gasteiger partial charge in [-0.15, -0.1) is 0 Å². The third-order valence-electron chi connectivity index (χ3n) is 5.91. The van der Waals surface area contributed by atoms with Crippen LogP contribution in [0.15, 0.2) is 59.0 Å². The van der Waals surface area contributed by atoms with E-state index < -0.39 is 0 Å². The van der Waals surface area contributed by atoms with Crippen molar-refractivity contribution in [3.05, 3.63) is 66.1 Å². The second-order valence-electron chi connectivity index (χ2n) is 8.36. The van der Waals surface area contributed by atoms with Crippen molar-refractivity contribution < 1.29 is 13.9 Å². The predicted molar refractivity (Wildman–Crippen MR) is 125 cm³/mol. The second kappa shape index (κ2) is 10.5. The number of oxazole rings is 1. The van der Waals surface area contributed by atoms with Gasteiger partial charge < -0.3 is 14.5 Å². The molecule has 1 amide bonds. The van der Waals surface area contributed by atoms with Crippen LogP contribution in [0.1, 0.15) is 44.1 Å². The first-order chi connectivity index (χ1) is 15.6. The summed E-state index contributed by atoms with van der Waals surface area (Å²) in [4.78, 5) is 18.5. The van der Waals surface area contributed by atoms with Gasteiger partial charge in [0.15, 0.2) is 0 Å². The first kappa shape index (κ1) is 22.1. The Morgan fingerprint density at radius 2 is 1.97 bits per heavy atom. The van der Waals surface area contributed by atoms with Crippen LogP contribution in [0.3, 0.4) is 0 Å². The molecular formula is C26H31N3O3. The number of carbonyl (C=O) groups is 1. The molecule has 1 N–H and O–H groups in total. The van der Waals surface area contributed by atoms with Crippen molar-refractivity contribution in [2.75, 3.05) is 13.1 Å². The topological polar surface area (TPSA) is 67.6 Å². The Labute approximate surface area is 189 Å². The molecule has 1 saturated heterocycles. The number of amides is 1. The molecule has 4 rings (SSSR count). The summed E-state index contributed by atoms with van der Waals surface area (Å²) in [7, 11) is 0. The maximum Gasteiger partial charge on any atom is 0.226 e. The van der Waals surface area contributed by atoms with E-state index in [1.165, 1.54) is 12.8 Å². The van der Waals surface area contributed by atoms with Crippen LogP contribution in [0, 0.1) is 6.92 Å². The highest BCUT2D eigenvalue weighted by Gasteiger charge is 2.24. The molecule has 0 radical (unpaired) electrons. The van der Waals surface area contributed by atoms with Crippen molar-refractivity contribution >= 4 is 5.91 Å². The van der Waals surface area contributed by atoms with E-state index in [1.807, 2.05) is 61.5 Å². The highest BCUT2D eigenvalue weighted by atomic mass is 16.5. The molecule has 1 atom stereocenters. The zero-order chi connectivity index (χ0) is 22.3. The lowest BCUT2D eigenvalue weighted by molar-refractivity contribution is -0.119. The zero-order valence-corrected chi connectivity index (χ0v) is 18.8. The molecule has 6 nitrogen and oxygen atoms in total. The minimum absolute atomic E-state index is 0.0304. The molecule has 1 aromatic heterocycles. The van der Waals surface area contributed by atoms with Gasteiger partial charge in [0.1, 0.15) is 17.3 Å². The number of carbonyl (C=O) groups excluding carboxylic acids is 1. The average molecular weight is 434 g/mol. The molecule has 0 aliphatic carbocycles. The molecular weight excluding hydrogens is 402 g/mol. The number of nitrogens with zero attached hydrogens (tertiary/aromatic N) is 2. The smallest absolute Gasteiger partial charge is 0.226 e. The maximum absolute atomic E-state index is 11.2. The zero-order valence-electron chi connectivity index (χ0n) is 18.8. The Morgan fingerprint density at radius 1 is 1.16 bits per heavy atom. The molecule has 0 spiro atoms. The fourth-order valence-corrected chi connectivity index (χ4v) is 4.22. The highest BCUT2D eigenvalue weighted by molar-refractivity contribution is 5.72. The summed E-state index contributed by atoms with van der Waals surface area (Å²) in [6, 6.07) is 18.0. The van der Waals surface area contributed by atoms with Crippen molar-refractivity contribution in [2.24, 2.45) is 0 Å². The average Bonchev–Trinajstić information content (AvgIpc) is 3.16. The minimum atomic E-state index is 0.0304. The number of rotatable bonds is 8. The number of nitrogens with one attached hydrogen (secondary N) is 1. The van der Waals surface area contributed by atoms with E-state index in [4.69, 9.17) is 14.1 Å². The third-order valence-corrected chi connectivity index (χ3v) is 5.91. The van der Waals surface area contributed by atoms with E-state index in [0.717, 1.165) is 54.4 Å². The lowest BCUT2D eigenvalue weighted by atomic mass is 9.99. The molecule has 3 aromatic rings. The van der Waals surface area contributed by atoms with E-state index in [9.17, 15) is 4.79 Å². The van der Waals surface area contributed by atoms with Crippen molar-refractivity contribution in [1.82, 2.24) is 15.2 Å². The number of para-hydroxylation sites is 1. The number of aromatic nitrogens is 1. The van der Waals surface area contributed by atoms with Crippen LogP contribution in [-0.4, -0.2) is 34.9 Å². The van der Waals surface area contributed by atoms with Crippen molar-refractivity contribution in [3.8, 4) is 23.0 Å². The van der Waals surface area contributed by atoms with Crippen molar-refractivity contribution in [1.29, 1.82) is 0 Å². The van der Waals surface area contributed by atoms with Gasteiger partial charge in [-0.05, 0) is 63.1 Å². The van der Waals surface area contributed by atoms with Crippen LogP contribution in [-0.2, 0) is 11.3 Å². The van der Waals surface area contributed by atoms with E-state index in [1.54, 1.807) is 6.92 Å². The summed E-state index contributed by atoms with van der Waals surface area (Å²) in [5.41, 5.74) is 1.87. The molecule has 1 unspecified atom stereocenters. The third kappa shape index (κ3) is 5.77. The lowest BCUT2D eigenvalue weighted by Crippen LogP contribution is -2.41. The van der Waals surface area contributed by atoms with Crippen LogP contribution in [0.4, 0.5) is 0 Å².